The van der Waals surface area contributed by atoms with Crippen LogP contribution in [0, 0.1) is 10.1 Å². The maximum atomic E-state index is 12.7. The number of hydrogen-bond donors (Lipinski definition) is 1. The lowest BCUT2D eigenvalue weighted by molar-refractivity contribution is -0.386. The molecule has 2 aliphatic rings. The average molecular weight is 378 g/mol. The average Bonchev–Trinajstić information content (AvgIpc) is 2.84. The third-order valence-corrected chi connectivity index (χ3v) is 4.44. The fourth-order valence-corrected chi connectivity index (χ4v) is 3.39. The third-order valence-electron chi connectivity index (χ3n) is 4.44. The van der Waals surface area contributed by atoms with E-state index in [2.05, 4.69) is 10.3 Å². The van der Waals surface area contributed by atoms with Crippen molar-refractivity contribution in [2.45, 2.75) is 58.3 Å². The van der Waals surface area contributed by atoms with Gasteiger partial charge in [-0.15, -0.1) is 0 Å². The lowest BCUT2D eigenvalue weighted by atomic mass is 10.0. The van der Waals surface area contributed by atoms with E-state index in [-0.39, 0.29) is 11.4 Å². The Kier molecular flexibility index (Phi) is 4.75. The van der Waals surface area contributed by atoms with Gasteiger partial charge in [0.2, 0.25) is 5.88 Å². The van der Waals surface area contributed by atoms with Crippen LogP contribution in [0.25, 0.3) is 0 Å². The number of amides is 1. The minimum atomic E-state index is -0.656. The molecule has 0 aliphatic carbocycles. The molecule has 2 aliphatic heterocycles. The lowest BCUT2D eigenvalue weighted by Crippen LogP contribution is -2.50. The first-order valence-corrected chi connectivity index (χ1v) is 9.04. The maximum Gasteiger partial charge on any atom is 0.410 e. The van der Waals surface area contributed by atoms with Gasteiger partial charge in [-0.05, 0) is 34.6 Å². The molecule has 1 fully saturated rings. The summed E-state index contributed by atoms with van der Waals surface area (Å²) in [6, 6.07) is 0.917. The van der Waals surface area contributed by atoms with Gasteiger partial charge in [0, 0.05) is 37.7 Å². The number of hydrogen-bond acceptors (Lipinski definition) is 7. The van der Waals surface area contributed by atoms with Gasteiger partial charge in [-0.2, -0.15) is 0 Å². The van der Waals surface area contributed by atoms with E-state index in [1.165, 1.54) is 11.0 Å². The van der Waals surface area contributed by atoms with Crippen molar-refractivity contribution in [2.24, 2.45) is 0 Å². The van der Waals surface area contributed by atoms with E-state index < -0.39 is 28.3 Å². The van der Waals surface area contributed by atoms with E-state index in [9.17, 15) is 14.9 Å². The second-order valence-corrected chi connectivity index (χ2v) is 8.55. The second kappa shape index (κ2) is 6.63. The van der Waals surface area contributed by atoms with E-state index in [1.54, 1.807) is 20.8 Å². The molecule has 148 valence electrons. The van der Waals surface area contributed by atoms with Crippen LogP contribution >= 0.6 is 0 Å². The normalized spacial score (nSPS) is 21.4. The first-order valence-electron chi connectivity index (χ1n) is 9.04. The summed E-state index contributed by atoms with van der Waals surface area (Å²) in [5.41, 5.74) is -0.288. The largest absolute Gasteiger partial charge is 0.471 e. The van der Waals surface area contributed by atoms with Gasteiger partial charge in [-0.25, -0.2) is 9.78 Å². The summed E-state index contributed by atoms with van der Waals surface area (Å²) < 4.78 is 11.3. The van der Waals surface area contributed by atoms with Crippen LogP contribution in [-0.2, 0) is 11.2 Å². The Balaban J connectivity index is 2.00. The molecule has 1 aromatic rings. The van der Waals surface area contributed by atoms with Gasteiger partial charge in [0.25, 0.3) is 5.69 Å². The van der Waals surface area contributed by atoms with E-state index in [1.807, 2.05) is 13.8 Å². The van der Waals surface area contributed by atoms with Crippen molar-refractivity contribution in [3.63, 3.8) is 0 Å². The number of piperazine rings is 1. The molecule has 1 N–H and O–H groups in total. The van der Waals surface area contributed by atoms with Gasteiger partial charge in [0.1, 0.15) is 16.9 Å². The van der Waals surface area contributed by atoms with Crippen molar-refractivity contribution in [3.8, 4) is 5.88 Å². The summed E-state index contributed by atoms with van der Waals surface area (Å²) in [6.45, 7) is 10.5. The van der Waals surface area contributed by atoms with Crippen molar-refractivity contribution < 1.29 is 19.2 Å². The molecule has 1 amide bonds. The van der Waals surface area contributed by atoms with Gasteiger partial charge in [-0.3, -0.25) is 15.0 Å². The highest BCUT2D eigenvalue weighted by Crippen LogP contribution is 2.39. The zero-order chi connectivity index (χ0) is 20.0. The van der Waals surface area contributed by atoms with E-state index in [0.717, 1.165) is 0 Å². The van der Waals surface area contributed by atoms with Crippen molar-refractivity contribution in [1.82, 2.24) is 15.2 Å². The van der Waals surface area contributed by atoms with Gasteiger partial charge in [-0.1, -0.05) is 0 Å². The van der Waals surface area contributed by atoms with E-state index in [0.29, 0.717) is 37.5 Å². The van der Waals surface area contributed by atoms with Crippen LogP contribution in [-0.4, -0.2) is 51.7 Å². The topological polar surface area (TPSA) is 107 Å². The fourth-order valence-electron chi connectivity index (χ4n) is 3.39. The number of aromatic nitrogens is 1. The molecule has 0 radical (unpaired) electrons. The number of fused-ring (bicyclic) bond motifs is 1. The standard InChI is InChI=1S/C18H26N4O5/c1-17(2,3)27-16(23)21-7-6-19-10-13(21)14-12(22(24)25)8-11-9-18(4,5)26-15(11)20-14/h8,13,19H,6-7,9-10H2,1-5H3. The molecule has 27 heavy (non-hydrogen) atoms. The molecule has 0 bridgehead atoms. The molecule has 1 atom stereocenters. The number of ether oxygens (including phenoxy) is 2. The van der Waals surface area contributed by atoms with Crippen molar-refractivity contribution >= 4 is 11.8 Å². The number of carbonyl (C=O) groups excluding carboxylic acids is 1. The van der Waals surface area contributed by atoms with Crippen LogP contribution in [0.15, 0.2) is 6.07 Å². The zero-order valence-corrected chi connectivity index (χ0v) is 16.4. The van der Waals surface area contributed by atoms with Crippen LogP contribution in [0.4, 0.5) is 10.5 Å². The first kappa shape index (κ1) is 19.3. The highest BCUT2D eigenvalue weighted by atomic mass is 16.6. The molecule has 1 saturated heterocycles. The Hall–Kier alpha value is -2.42. The Labute approximate surface area is 158 Å². The van der Waals surface area contributed by atoms with Crippen LogP contribution in [0.1, 0.15) is 51.9 Å². The van der Waals surface area contributed by atoms with Gasteiger partial charge in [0.15, 0.2) is 0 Å². The number of nitrogens with zero attached hydrogens (tertiary/aromatic N) is 3. The summed E-state index contributed by atoms with van der Waals surface area (Å²) in [6.07, 6.45) is 0.0432. The van der Waals surface area contributed by atoms with E-state index >= 15 is 0 Å². The summed E-state index contributed by atoms with van der Waals surface area (Å²) in [5, 5.41) is 14.9. The molecule has 1 unspecified atom stereocenters. The minimum Gasteiger partial charge on any atom is -0.471 e. The molecule has 9 heteroatoms. The van der Waals surface area contributed by atoms with Crippen LogP contribution in [0.2, 0.25) is 0 Å². The van der Waals surface area contributed by atoms with Crippen molar-refractivity contribution in [2.75, 3.05) is 19.6 Å². The summed E-state index contributed by atoms with van der Waals surface area (Å²) in [4.78, 5) is 29.9. The molecule has 9 nitrogen and oxygen atoms in total. The predicted molar refractivity (Wildman–Crippen MR) is 97.9 cm³/mol. The highest BCUT2D eigenvalue weighted by Gasteiger charge is 2.40. The zero-order valence-electron chi connectivity index (χ0n) is 16.4. The van der Waals surface area contributed by atoms with Crippen LogP contribution in [0.5, 0.6) is 5.88 Å². The summed E-state index contributed by atoms with van der Waals surface area (Å²) in [5.74, 6) is 0.398. The van der Waals surface area contributed by atoms with Gasteiger partial charge >= 0.3 is 6.09 Å². The summed E-state index contributed by atoms with van der Waals surface area (Å²) >= 11 is 0. The van der Waals surface area contributed by atoms with E-state index in [4.69, 9.17) is 9.47 Å². The highest BCUT2D eigenvalue weighted by molar-refractivity contribution is 5.69. The Morgan fingerprint density at radius 1 is 1.48 bits per heavy atom. The van der Waals surface area contributed by atoms with Gasteiger partial charge < -0.3 is 14.8 Å². The molecular formula is C18H26N4O5. The first-order chi connectivity index (χ1) is 12.5. The smallest absolute Gasteiger partial charge is 0.410 e. The predicted octanol–water partition coefficient (Wildman–Crippen LogP) is 2.58. The number of pyridine rings is 1. The molecule has 3 heterocycles. The Bertz CT molecular complexity index is 772. The quantitative estimate of drug-likeness (QED) is 0.622. The summed E-state index contributed by atoms with van der Waals surface area (Å²) in [7, 11) is 0. The van der Waals surface area contributed by atoms with Crippen molar-refractivity contribution in [3.05, 3.63) is 27.4 Å². The molecule has 1 aromatic heterocycles. The Morgan fingerprint density at radius 3 is 2.81 bits per heavy atom. The number of rotatable bonds is 2. The molecule has 0 spiro atoms. The van der Waals surface area contributed by atoms with Crippen LogP contribution in [0.3, 0.4) is 0 Å². The number of carbonyl (C=O) groups is 1. The minimum absolute atomic E-state index is 0.0997. The van der Waals surface area contributed by atoms with Gasteiger partial charge in [0.05, 0.1) is 11.0 Å². The number of nitro groups is 1. The SMILES string of the molecule is CC(C)(C)OC(=O)N1CCNCC1c1nc2c(cc1[N+](=O)[O-])CC(C)(C)O2. The van der Waals surface area contributed by atoms with Crippen LogP contribution < -0.4 is 10.1 Å². The fraction of sp³-hybridized carbons (Fsp3) is 0.667. The Morgan fingerprint density at radius 2 is 2.19 bits per heavy atom. The monoisotopic (exact) mass is 378 g/mol. The molecule has 0 saturated carbocycles. The van der Waals surface area contributed by atoms with Crippen molar-refractivity contribution in [1.29, 1.82) is 0 Å². The number of nitrogens with one attached hydrogen (secondary N) is 1. The lowest BCUT2D eigenvalue weighted by Gasteiger charge is -2.36. The maximum absolute atomic E-state index is 12.7. The molecule has 0 aromatic carbocycles. The molecule has 3 rings (SSSR count). The molecular weight excluding hydrogens is 352 g/mol. The second-order valence-electron chi connectivity index (χ2n) is 8.55. The third kappa shape index (κ3) is 4.13.